The van der Waals surface area contributed by atoms with Crippen LogP contribution < -0.4 is 10.2 Å². The molecule has 0 bridgehead atoms. The van der Waals surface area contributed by atoms with Crippen LogP contribution in [-0.4, -0.2) is 68.5 Å². The molecule has 8 nitrogen and oxygen atoms in total. The van der Waals surface area contributed by atoms with Crippen molar-refractivity contribution < 1.29 is 32.9 Å². The van der Waals surface area contributed by atoms with E-state index in [1.807, 2.05) is 39.4 Å². The van der Waals surface area contributed by atoms with Gasteiger partial charge in [0.2, 0.25) is 5.91 Å². The van der Waals surface area contributed by atoms with Gasteiger partial charge in [-0.1, -0.05) is 137 Å². The van der Waals surface area contributed by atoms with Crippen LogP contribution in [0.4, 0.5) is 0 Å². The average Bonchev–Trinajstić information content (AvgIpc) is 3.06. The molecule has 0 rings (SSSR count). The van der Waals surface area contributed by atoms with Gasteiger partial charge < -0.3 is 28.8 Å². The summed E-state index contributed by atoms with van der Waals surface area (Å²) in [6.07, 6.45) is 43.6. The maximum absolute atomic E-state index is 12.7. The Labute approximate surface area is 306 Å². The van der Waals surface area contributed by atoms with Crippen LogP contribution >= 0.6 is 7.82 Å². The molecular formula is C41H71N2O6P. The minimum absolute atomic E-state index is 0.0197. The van der Waals surface area contributed by atoms with Gasteiger partial charge in [0.05, 0.1) is 39.9 Å². The number of unbranched alkanes of at least 4 members (excludes halogenated alkanes) is 7. The molecule has 0 heterocycles. The standard InChI is InChI=1S/C41H71N2O6P/c1-6-8-10-12-14-16-17-18-19-20-21-22-23-24-25-27-29-31-33-35-41(45)42-39(38-49-50(46,47)48-37-36-43(3,4)5)40(44)34-32-30-28-26-15-13-11-9-7-2/h8,10,14,16,18-19,21-22,24-25,29,31-32,34,39-40,44H,6-7,9,11-13,15,17,20,23,26-28,30,33,35-38H2,1-5H3,(H-,42,45,46,47)/b10-8-,16-14-,19-18-,22-21-,25-24-,31-29-,34-32+. The average molecular weight is 719 g/mol. The molecule has 3 atom stereocenters. The normalized spacial score (nSPS) is 15.6. The number of hydrogen-bond donors (Lipinski definition) is 2. The highest BCUT2D eigenvalue weighted by atomic mass is 31.2. The number of nitrogens with zero attached hydrogens (tertiary/aromatic N) is 1. The topological polar surface area (TPSA) is 108 Å². The zero-order chi connectivity index (χ0) is 37.2. The van der Waals surface area contributed by atoms with E-state index in [9.17, 15) is 19.4 Å². The van der Waals surface area contributed by atoms with Gasteiger partial charge in [-0.2, -0.15) is 0 Å². The van der Waals surface area contributed by atoms with Crippen molar-refractivity contribution in [1.82, 2.24) is 5.32 Å². The summed E-state index contributed by atoms with van der Waals surface area (Å²) in [4.78, 5) is 25.1. The van der Waals surface area contributed by atoms with Crippen LogP contribution in [-0.2, 0) is 18.4 Å². The Kier molecular flexibility index (Phi) is 31.1. The molecule has 50 heavy (non-hydrogen) atoms. The monoisotopic (exact) mass is 719 g/mol. The molecule has 0 aromatic carbocycles. The number of carbonyl (C=O) groups excluding carboxylic acids is 1. The molecule has 0 aliphatic carbocycles. The summed E-state index contributed by atoms with van der Waals surface area (Å²) in [5, 5.41) is 13.6. The summed E-state index contributed by atoms with van der Waals surface area (Å²) in [7, 11) is 1.19. The summed E-state index contributed by atoms with van der Waals surface area (Å²) >= 11 is 0. The van der Waals surface area contributed by atoms with Crippen molar-refractivity contribution in [2.75, 3.05) is 40.9 Å². The molecule has 0 fully saturated rings. The molecule has 0 aromatic rings. The van der Waals surface area contributed by atoms with E-state index in [0.717, 1.165) is 57.8 Å². The Morgan fingerprint density at radius 1 is 0.720 bits per heavy atom. The molecule has 0 saturated carbocycles. The SMILES string of the molecule is CC/C=C\C/C=C\C/C=C\C/C=C\C/C=C\C/C=C\CCC(=O)NC(COP(=O)([O-])OCC[N+](C)(C)C)C(O)/C=C/CCCCCCCCC. The first-order valence-electron chi connectivity index (χ1n) is 18.9. The number of allylic oxidation sites excluding steroid dienone is 13. The van der Waals surface area contributed by atoms with Crippen LogP contribution in [0.1, 0.15) is 117 Å². The Morgan fingerprint density at radius 2 is 1.22 bits per heavy atom. The molecule has 0 spiro atoms. The van der Waals surface area contributed by atoms with Gasteiger partial charge in [0.15, 0.2) is 0 Å². The molecule has 286 valence electrons. The maximum atomic E-state index is 12.7. The van der Waals surface area contributed by atoms with Crippen LogP contribution in [0.15, 0.2) is 85.1 Å². The molecule has 0 aromatic heterocycles. The van der Waals surface area contributed by atoms with E-state index in [-0.39, 0.29) is 18.9 Å². The fourth-order valence-electron chi connectivity index (χ4n) is 4.58. The van der Waals surface area contributed by atoms with E-state index in [4.69, 9.17) is 9.05 Å². The van der Waals surface area contributed by atoms with Crippen molar-refractivity contribution >= 4 is 13.7 Å². The molecule has 0 saturated heterocycles. The first-order chi connectivity index (χ1) is 24.0. The summed E-state index contributed by atoms with van der Waals surface area (Å²) in [6.45, 7) is 4.39. The number of phosphoric ester groups is 1. The number of carbonyl (C=O) groups is 1. The zero-order valence-corrected chi connectivity index (χ0v) is 32.9. The van der Waals surface area contributed by atoms with Crippen molar-refractivity contribution in [2.45, 2.75) is 129 Å². The van der Waals surface area contributed by atoms with Crippen molar-refractivity contribution in [2.24, 2.45) is 0 Å². The number of amides is 1. The lowest BCUT2D eigenvalue weighted by molar-refractivity contribution is -0.870. The molecule has 3 unspecified atom stereocenters. The van der Waals surface area contributed by atoms with Gasteiger partial charge in [-0.15, -0.1) is 0 Å². The lowest BCUT2D eigenvalue weighted by atomic mass is 10.1. The van der Waals surface area contributed by atoms with Crippen molar-refractivity contribution in [3.8, 4) is 0 Å². The van der Waals surface area contributed by atoms with Gasteiger partial charge in [-0.05, 0) is 57.8 Å². The summed E-state index contributed by atoms with van der Waals surface area (Å²) in [5.74, 6) is -0.288. The third-order valence-corrected chi connectivity index (χ3v) is 8.59. The van der Waals surface area contributed by atoms with Gasteiger partial charge in [0, 0.05) is 6.42 Å². The van der Waals surface area contributed by atoms with E-state index < -0.39 is 26.6 Å². The second-order valence-corrected chi connectivity index (χ2v) is 15.0. The highest BCUT2D eigenvalue weighted by Gasteiger charge is 2.23. The minimum atomic E-state index is -4.60. The zero-order valence-electron chi connectivity index (χ0n) is 32.1. The predicted molar refractivity (Wildman–Crippen MR) is 210 cm³/mol. The van der Waals surface area contributed by atoms with Crippen LogP contribution in [0.5, 0.6) is 0 Å². The largest absolute Gasteiger partial charge is 0.756 e. The smallest absolute Gasteiger partial charge is 0.268 e. The maximum Gasteiger partial charge on any atom is 0.268 e. The summed E-state index contributed by atoms with van der Waals surface area (Å²) in [5.41, 5.74) is 0. The van der Waals surface area contributed by atoms with E-state index in [0.29, 0.717) is 17.4 Å². The van der Waals surface area contributed by atoms with Crippen LogP contribution in [0.2, 0.25) is 0 Å². The van der Waals surface area contributed by atoms with E-state index in [1.54, 1.807) is 6.08 Å². The molecule has 1 amide bonds. The predicted octanol–water partition coefficient (Wildman–Crippen LogP) is 9.21. The Hall–Kier alpha value is -2.32. The lowest BCUT2D eigenvalue weighted by Crippen LogP contribution is -2.45. The number of aliphatic hydroxyl groups excluding tert-OH is 1. The molecule has 2 N–H and O–H groups in total. The van der Waals surface area contributed by atoms with E-state index in [2.05, 4.69) is 79.9 Å². The van der Waals surface area contributed by atoms with Crippen LogP contribution in [0.3, 0.4) is 0 Å². The van der Waals surface area contributed by atoms with Gasteiger partial charge >= 0.3 is 0 Å². The van der Waals surface area contributed by atoms with E-state index in [1.165, 1.54) is 32.1 Å². The van der Waals surface area contributed by atoms with Gasteiger partial charge in [0.1, 0.15) is 13.2 Å². The number of likely N-dealkylation sites (N-methyl/N-ethyl adjacent to an activating group) is 1. The number of hydrogen-bond acceptors (Lipinski definition) is 6. The number of quaternary nitrogens is 1. The number of aliphatic hydroxyl groups is 1. The Bertz CT molecular complexity index is 1090. The Morgan fingerprint density at radius 3 is 1.74 bits per heavy atom. The fourth-order valence-corrected chi connectivity index (χ4v) is 5.31. The first kappa shape index (κ1) is 47.7. The van der Waals surface area contributed by atoms with Gasteiger partial charge in [-0.25, -0.2) is 0 Å². The van der Waals surface area contributed by atoms with Crippen LogP contribution in [0, 0.1) is 0 Å². The number of nitrogens with one attached hydrogen (secondary N) is 1. The van der Waals surface area contributed by atoms with E-state index >= 15 is 0 Å². The van der Waals surface area contributed by atoms with Crippen LogP contribution in [0.25, 0.3) is 0 Å². The summed E-state index contributed by atoms with van der Waals surface area (Å²) < 4.78 is 23.0. The second-order valence-electron chi connectivity index (χ2n) is 13.5. The first-order valence-corrected chi connectivity index (χ1v) is 20.4. The minimum Gasteiger partial charge on any atom is -0.756 e. The number of rotatable bonds is 32. The molecule has 9 heteroatoms. The molecule has 0 aliphatic rings. The molecule has 0 radical (unpaired) electrons. The van der Waals surface area contributed by atoms with Crippen molar-refractivity contribution in [1.29, 1.82) is 0 Å². The third-order valence-electron chi connectivity index (χ3n) is 7.62. The lowest BCUT2D eigenvalue weighted by Gasteiger charge is -2.29. The quantitative estimate of drug-likeness (QED) is 0.0311. The highest BCUT2D eigenvalue weighted by Crippen LogP contribution is 2.38. The summed E-state index contributed by atoms with van der Waals surface area (Å²) in [6, 6.07) is -0.928. The molecular weight excluding hydrogens is 647 g/mol. The highest BCUT2D eigenvalue weighted by molar-refractivity contribution is 7.45. The Balaban J connectivity index is 4.63. The van der Waals surface area contributed by atoms with Gasteiger partial charge in [0.25, 0.3) is 7.82 Å². The van der Waals surface area contributed by atoms with Crippen molar-refractivity contribution in [3.63, 3.8) is 0 Å². The second kappa shape index (κ2) is 32.6. The molecule has 0 aliphatic heterocycles. The third kappa shape index (κ3) is 34.1. The van der Waals surface area contributed by atoms with Crippen molar-refractivity contribution in [3.05, 3.63) is 85.1 Å². The fraction of sp³-hybridized carbons (Fsp3) is 0.634. The number of phosphoric acid groups is 1. The van der Waals surface area contributed by atoms with Gasteiger partial charge in [-0.3, -0.25) is 9.36 Å².